The van der Waals surface area contributed by atoms with E-state index < -0.39 is 10.0 Å². The van der Waals surface area contributed by atoms with Gasteiger partial charge in [0.05, 0.1) is 11.9 Å². The highest BCUT2D eigenvalue weighted by Crippen LogP contribution is 2.23. The van der Waals surface area contributed by atoms with Crippen molar-refractivity contribution in [3.05, 3.63) is 28.2 Å². The van der Waals surface area contributed by atoms with Crippen LogP contribution in [0.15, 0.2) is 22.7 Å². The Morgan fingerprint density at radius 2 is 2.00 bits per heavy atom. The average Bonchev–Trinajstić information content (AvgIpc) is 2.07. The Hall–Kier alpha value is -0.590. The molecule has 4 nitrogen and oxygen atoms in total. The number of aryl methyl sites for hydroxylation is 1. The molecule has 0 aliphatic carbocycles. The first-order valence-corrected chi connectivity index (χ1v) is 6.47. The third-order valence-electron chi connectivity index (χ3n) is 1.77. The molecule has 14 heavy (non-hydrogen) atoms. The van der Waals surface area contributed by atoms with Crippen molar-refractivity contribution in [2.45, 2.75) is 6.92 Å². The van der Waals surface area contributed by atoms with Gasteiger partial charge in [-0.05, 0) is 24.6 Å². The van der Waals surface area contributed by atoms with E-state index in [1.807, 2.05) is 6.92 Å². The summed E-state index contributed by atoms with van der Waals surface area (Å²) in [4.78, 5) is 0. The van der Waals surface area contributed by atoms with Crippen molar-refractivity contribution in [3.63, 3.8) is 0 Å². The lowest BCUT2D eigenvalue weighted by atomic mass is 10.2. The van der Waals surface area contributed by atoms with Crippen LogP contribution in [0.4, 0.5) is 5.69 Å². The molecule has 78 valence electrons. The van der Waals surface area contributed by atoms with E-state index in [4.69, 9.17) is 5.84 Å². The second-order valence-corrected chi connectivity index (χ2v) is 5.71. The number of halogens is 1. The highest BCUT2D eigenvalue weighted by atomic mass is 79.9. The molecule has 0 saturated heterocycles. The monoisotopic (exact) mass is 278 g/mol. The maximum absolute atomic E-state index is 11.1. The van der Waals surface area contributed by atoms with Crippen LogP contribution in [0, 0.1) is 6.92 Å². The highest BCUT2D eigenvalue weighted by molar-refractivity contribution is 9.10. The van der Waals surface area contributed by atoms with Gasteiger partial charge in [-0.3, -0.25) is 0 Å². The molecule has 0 fully saturated rings. The van der Waals surface area contributed by atoms with Gasteiger partial charge >= 0.3 is 0 Å². The van der Waals surface area contributed by atoms with Gasteiger partial charge in [-0.15, -0.1) is 0 Å². The van der Waals surface area contributed by atoms with Crippen LogP contribution in [-0.4, -0.2) is 14.7 Å². The number of hydrogen-bond donors (Lipinski definition) is 1. The zero-order valence-electron chi connectivity index (χ0n) is 7.86. The summed E-state index contributed by atoms with van der Waals surface area (Å²) >= 11 is 3.30. The van der Waals surface area contributed by atoms with Gasteiger partial charge in [-0.25, -0.2) is 18.7 Å². The molecule has 6 heteroatoms. The lowest BCUT2D eigenvalue weighted by Gasteiger charge is -2.16. The highest BCUT2D eigenvalue weighted by Gasteiger charge is 2.13. The largest absolute Gasteiger partial charge is 0.245 e. The van der Waals surface area contributed by atoms with Crippen molar-refractivity contribution < 1.29 is 8.42 Å². The van der Waals surface area contributed by atoms with E-state index in [-0.39, 0.29) is 0 Å². The molecule has 1 aromatic carbocycles. The molecule has 2 N–H and O–H groups in total. The quantitative estimate of drug-likeness (QED) is 0.657. The van der Waals surface area contributed by atoms with E-state index in [1.165, 1.54) is 0 Å². The number of sulfonamides is 1. The van der Waals surface area contributed by atoms with Crippen LogP contribution in [0.25, 0.3) is 0 Å². The molecule has 1 rings (SSSR count). The summed E-state index contributed by atoms with van der Waals surface area (Å²) in [5.74, 6) is 5.42. The predicted molar refractivity (Wildman–Crippen MR) is 60.4 cm³/mol. The van der Waals surface area contributed by atoms with Gasteiger partial charge in [0.1, 0.15) is 0 Å². The third kappa shape index (κ3) is 2.46. The fourth-order valence-corrected chi connectivity index (χ4v) is 1.77. The van der Waals surface area contributed by atoms with Gasteiger partial charge in [-0.2, -0.15) is 0 Å². The van der Waals surface area contributed by atoms with Gasteiger partial charge in [0, 0.05) is 4.47 Å². The van der Waals surface area contributed by atoms with Crippen LogP contribution in [0.1, 0.15) is 5.56 Å². The maximum atomic E-state index is 11.1. The summed E-state index contributed by atoms with van der Waals surface area (Å²) in [5.41, 5.74) is 1.46. The van der Waals surface area contributed by atoms with Crippen molar-refractivity contribution >= 4 is 31.6 Å². The predicted octanol–water partition coefficient (Wildman–Crippen LogP) is 1.40. The summed E-state index contributed by atoms with van der Waals surface area (Å²) in [6, 6.07) is 5.11. The first-order chi connectivity index (χ1) is 6.32. The Kier molecular flexibility index (Phi) is 3.18. The maximum Gasteiger partial charge on any atom is 0.245 e. The molecule has 0 saturated carbocycles. The minimum atomic E-state index is -3.40. The molecule has 0 aliphatic rings. The standard InChI is InChI=1S/C8H11BrN2O2S/c1-6-3-4-7(5-8(6)9)11(10)14(2,12)13/h3-5H,10H2,1-2H3. The molecule has 0 heterocycles. The zero-order chi connectivity index (χ0) is 10.9. The van der Waals surface area contributed by atoms with E-state index in [2.05, 4.69) is 15.9 Å². The second kappa shape index (κ2) is 3.88. The molecular formula is C8H11BrN2O2S. The first-order valence-electron chi connectivity index (χ1n) is 3.83. The fraction of sp³-hybridized carbons (Fsp3) is 0.250. The number of nitrogens with two attached hydrogens (primary N) is 1. The van der Waals surface area contributed by atoms with E-state index in [0.717, 1.165) is 20.7 Å². The number of benzene rings is 1. The van der Waals surface area contributed by atoms with Crippen LogP contribution in [0.3, 0.4) is 0 Å². The molecule has 0 spiro atoms. The first kappa shape index (κ1) is 11.5. The summed E-state index contributed by atoms with van der Waals surface area (Å²) in [6.07, 6.45) is 1.06. The number of nitrogens with zero attached hydrogens (tertiary/aromatic N) is 1. The molecule has 0 aliphatic heterocycles. The molecule has 0 bridgehead atoms. The Morgan fingerprint density at radius 1 is 1.43 bits per heavy atom. The smallest absolute Gasteiger partial charge is 0.233 e. The van der Waals surface area contributed by atoms with Crippen LogP contribution < -0.4 is 10.3 Å². The lowest BCUT2D eigenvalue weighted by molar-refractivity contribution is 0.598. The normalized spacial score (nSPS) is 11.4. The molecule has 1 aromatic rings. The van der Waals surface area contributed by atoms with Crippen molar-refractivity contribution in [3.8, 4) is 0 Å². The molecule has 0 aromatic heterocycles. The summed E-state index contributed by atoms with van der Waals surface area (Å²) < 4.78 is 23.8. The summed E-state index contributed by atoms with van der Waals surface area (Å²) in [5, 5.41) is 0. The topological polar surface area (TPSA) is 63.4 Å². The molecule has 0 amide bonds. The zero-order valence-corrected chi connectivity index (χ0v) is 10.3. The SMILES string of the molecule is Cc1ccc(N(N)S(C)(=O)=O)cc1Br. The van der Waals surface area contributed by atoms with E-state index in [9.17, 15) is 8.42 Å². The van der Waals surface area contributed by atoms with Gasteiger partial charge in [0.25, 0.3) is 0 Å². The number of hydrogen-bond acceptors (Lipinski definition) is 3. The lowest BCUT2D eigenvalue weighted by Crippen LogP contribution is -2.36. The number of hydrazine groups is 1. The van der Waals surface area contributed by atoms with Gasteiger partial charge in [0.2, 0.25) is 10.0 Å². The average molecular weight is 279 g/mol. The molecule has 0 radical (unpaired) electrons. The van der Waals surface area contributed by atoms with Gasteiger partial charge < -0.3 is 0 Å². The van der Waals surface area contributed by atoms with E-state index in [0.29, 0.717) is 5.69 Å². The fourth-order valence-electron chi connectivity index (χ4n) is 0.910. The van der Waals surface area contributed by atoms with Crippen molar-refractivity contribution in [2.24, 2.45) is 5.84 Å². The van der Waals surface area contributed by atoms with Crippen molar-refractivity contribution in [1.29, 1.82) is 0 Å². The second-order valence-electron chi connectivity index (χ2n) is 2.99. The molecule has 0 unspecified atom stereocenters. The van der Waals surface area contributed by atoms with Gasteiger partial charge in [-0.1, -0.05) is 22.0 Å². The van der Waals surface area contributed by atoms with Crippen LogP contribution in [0.5, 0.6) is 0 Å². The Labute approximate surface area is 91.9 Å². The molecular weight excluding hydrogens is 268 g/mol. The summed E-state index contributed by atoms with van der Waals surface area (Å²) in [7, 11) is -3.40. The minimum Gasteiger partial charge on any atom is -0.233 e. The van der Waals surface area contributed by atoms with Crippen LogP contribution in [-0.2, 0) is 10.0 Å². The molecule has 0 atom stereocenters. The Balaban J connectivity index is 3.16. The van der Waals surface area contributed by atoms with E-state index in [1.54, 1.807) is 18.2 Å². The number of rotatable bonds is 2. The third-order valence-corrected chi connectivity index (χ3v) is 3.55. The van der Waals surface area contributed by atoms with Crippen molar-refractivity contribution in [2.75, 3.05) is 10.7 Å². The minimum absolute atomic E-state index is 0.435. The Bertz CT molecular complexity index is 445. The Morgan fingerprint density at radius 3 is 2.43 bits per heavy atom. The van der Waals surface area contributed by atoms with Gasteiger partial charge in [0.15, 0.2) is 0 Å². The number of anilines is 1. The summed E-state index contributed by atoms with van der Waals surface area (Å²) in [6.45, 7) is 1.91. The van der Waals surface area contributed by atoms with Crippen LogP contribution >= 0.6 is 15.9 Å². The van der Waals surface area contributed by atoms with Crippen LogP contribution in [0.2, 0.25) is 0 Å². The van der Waals surface area contributed by atoms with Crippen molar-refractivity contribution in [1.82, 2.24) is 0 Å². The van der Waals surface area contributed by atoms with E-state index >= 15 is 0 Å².